The first kappa shape index (κ1) is 11.6. The molecule has 88 valence electrons. The lowest BCUT2D eigenvalue weighted by molar-refractivity contribution is 0.300. The molecule has 0 radical (unpaired) electrons. The van der Waals surface area contributed by atoms with Gasteiger partial charge < -0.3 is 5.32 Å². The molecular weight excluding hydrogens is 196 g/mol. The van der Waals surface area contributed by atoms with Gasteiger partial charge in [0.1, 0.15) is 0 Å². The summed E-state index contributed by atoms with van der Waals surface area (Å²) >= 11 is 0. The second kappa shape index (κ2) is 5.44. The molecule has 1 aliphatic rings. The maximum Gasteiger partial charge on any atom is 0.0305 e. The van der Waals surface area contributed by atoms with Crippen molar-refractivity contribution in [1.82, 2.24) is 10.3 Å². The largest absolute Gasteiger partial charge is 0.319 e. The number of nitrogens with one attached hydrogen (secondary N) is 1. The highest BCUT2D eigenvalue weighted by Gasteiger charge is 2.26. The van der Waals surface area contributed by atoms with E-state index >= 15 is 0 Å². The van der Waals surface area contributed by atoms with E-state index in [1.807, 2.05) is 6.20 Å². The van der Waals surface area contributed by atoms with E-state index in [9.17, 15) is 0 Å². The van der Waals surface area contributed by atoms with Crippen LogP contribution in [0.3, 0.4) is 0 Å². The predicted octanol–water partition coefficient (Wildman–Crippen LogP) is 2.88. The van der Waals surface area contributed by atoms with E-state index in [1.54, 1.807) is 0 Å². The van der Waals surface area contributed by atoms with Gasteiger partial charge in [0, 0.05) is 12.4 Å². The summed E-state index contributed by atoms with van der Waals surface area (Å²) in [5, 5.41) is 3.34. The first-order valence-corrected chi connectivity index (χ1v) is 6.38. The number of hydrogen-bond donors (Lipinski definition) is 1. The van der Waals surface area contributed by atoms with Gasteiger partial charge >= 0.3 is 0 Å². The van der Waals surface area contributed by atoms with Crippen LogP contribution in [-0.4, -0.2) is 18.6 Å². The van der Waals surface area contributed by atoms with E-state index in [0.29, 0.717) is 0 Å². The number of rotatable bonds is 3. The van der Waals surface area contributed by atoms with Gasteiger partial charge in [-0.1, -0.05) is 12.8 Å². The summed E-state index contributed by atoms with van der Waals surface area (Å²) in [6, 6.07) is 2.14. The molecule has 0 aromatic carbocycles. The Morgan fingerprint density at radius 2 is 2.19 bits per heavy atom. The zero-order valence-corrected chi connectivity index (χ0v) is 10.4. The molecule has 1 aromatic heterocycles. The van der Waals surface area contributed by atoms with E-state index in [1.165, 1.54) is 36.8 Å². The Balaban J connectivity index is 2.19. The van der Waals surface area contributed by atoms with E-state index in [2.05, 4.69) is 36.5 Å². The average molecular weight is 218 g/mol. The van der Waals surface area contributed by atoms with Gasteiger partial charge in [0.15, 0.2) is 0 Å². The van der Waals surface area contributed by atoms with Gasteiger partial charge in [0.25, 0.3) is 0 Å². The summed E-state index contributed by atoms with van der Waals surface area (Å²) in [6.45, 7) is 3.35. The Bertz CT molecular complexity index is 333. The highest BCUT2D eigenvalue weighted by atomic mass is 14.8. The molecule has 1 aliphatic carbocycles. The van der Waals surface area contributed by atoms with Gasteiger partial charge in [0.2, 0.25) is 0 Å². The Kier molecular flexibility index (Phi) is 3.94. The molecule has 0 aliphatic heterocycles. The molecule has 1 heterocycles. The van der Waals surface area contributed by atoms with Crippen molar-refractivity contribution in [3.8, 4) is 0 Å². The maximum absolute atomic E-state index is 4.29. The molecule has 2 unspecified atom stereocenters. The van der Waals surface area contributed by atoms with Crippen molar-refractivity contribution in [1.29, 1.82) is 0 Å². The number of aryl methyl sites for hydroxylation is 1. The normalized spacial score (nSPS) is 25.6. The minimum Gasteiger partial charge on any atom is -0.319 e. The highest BCUT2D eigenvalue weighted by molar-refractivity contribution is 5.26. The molecule has 0 saturated heterocycles. The molecule has 2 heteroatoms. The van der Waals surface area contributed by atoms with Gasteiger partial charge in [-0.25, -0.2) is 0 Å². The molecule has 0 amide bonds. The second-order valence-corrected chi connectivity index (χ2v) is 4.94. The molecule has 0 bridgehead atoms. The first-order valence-electron chi connectivity index (χ1n) is 6.38. The predicted molar refractivity (Wildman–Crippen MR) is 67.6 cm³/mol. The van der Waals surface area contributed by atoms with Crippen molar-refractivity contribution in [2.45, 2.75) is 38.5 Å². The number of nitrogens with zero attached hydrogens (tertiary/aromatic N) is 1. The third-order valence-electron chi connectivity index (χ3n) is 3.85. The number of hydrogen-bond acceptors (Lipinski definition) is 2. The fraction of sp³-hybridized carbons (Fsp3) is 0.643. The van der Waals surface area contributed by atoms with E-state index in [4.69, 9.17) is 0 Å². The van der Waals surface area contributed by atoms with E-state index in [0.717, 1.165) is 18.4 Å². The fourth-order valence-electron chi connectivity index (χ4n) is 2.99. The molecule has 0 spiro atoms. The van der Waals surface area contributed by atoms with Crippen LogP contribution >= 0.6 is 0 Å². The monoisotopic (exact) mass is 218 g/mol. The van der Waals surface area contributed by atoms with Gasteiger partial charge in [-0.15, -0.1) is 0 Å². The molecule has 1 N–H and O–H groups in total. The van der Waals surface area contributed by atoms with Crippen molar-refractivity contribution in [3.05, 3.63) is 29.6 Å². The lowest BCUT2D eigenvalue weighted by Crippen LogP contribution is -2.27. The Morgan fingerprint density at radius 3 is 2.94 bits per heavy atom. The zero-order chi connectivity index (χ0) is 11.4. The van der Waals surface area contributed by atoms with Crippen molar-refractivity contribution in [3.63, 3.8) is 0 Å². The summed E-state index contributed by atoms with van der Waals surface area (Å²) in [5.74, 6) is 1.51. The molecule has 1 aromatic rings. The standard InChI is InChI=1S/C14H22N2/c1-11-7-8-16-10-14(11)13-6-4-3-5-12(13)9-15-2/h7-8,10,12-13,15H,3-6,9H2,1-2H3. The van der Waals surface area contributed by atoms with E-state index in [-0.39, 0.29) is 0 Å². The molecule has 16 heavy (non-hydrogen) atoms. The van der Waals surface area contributed by atoms with Crippen molar-refractivity contribution in [2.24, 2.45) is 5.92 Å². The molecule has 1 saturated carbocycles. The zero-order valence-electron chi connectivity index (χ0n) is 10.4. The van der Waals surface area contributed by atoms with Crippen LogP contribution < -0.4 is 5.32 Å². The van der Waals surface area contributed by atoms with Gasteiger partial charge in [-0.05, 0) is 62.4 Å². The minimum absolute atomic E-state index is 0.717. The summed E-state index contributed by atoms with van der Waals surface area (Å²) in [5.41, 5.74) is 2.88. The summed E-state index contributed by atoms with van der Waals surface area (Å²) in [4.78, 5) is 4.29. The topological polar surface area (TPSA) is 24.9 Å². The lowest BCUT2D eigenvalue weighted by Gasteiger charge is -2.32. The first-order chi connectivity index (χ1) is 7.83. The Hall–Kier alpha value is -0.890. The Labute approximate surface area is 98.5 Å². The van der Waals surface area contributed by atoms with Crippen LogP contribution in [0, 0.1) is 12.8 Å². The second-order valence-electron chi connectivity index (χ2n) is 4.94. The summed E-state index contributed by atoms with van der Waals surface area (Å²) in [7, 11) is 2.06. The Morgan fingerprint density at radius 1 is 1.38 bits per heavy atom. The van der Waals surface area contributed by atoms with Crippen LogP contribution in [0.15, 0.2) is 18.5 Å². The van der Waals surface area contributed by atoms with Crippen molar-refractivity contribution >= 4 is 0 Å². The fourth-order valence-corrected chi connectivity index (χ4v) is 2.99. The third-order valence-corrected chi connectivity index (χ3v) is 3.85. The number of pyridine rings is 1. The summed E-state index contributed by atoms with van der Waals surface area (Å²) in [6.07, 6.45) is 9.43. The summed E-state index contributed by atoms with van der Waals surface area (Å²) < 4.78 is 0. The molecule has 2 nitrogen and oxygen atoms in total. The van der Waals surface area contributed by atoms with Crippen molar-refractivity contribution < 1.29 is 0 Å². The molecule has 2 atom stereocenters. The van der Waals surface area contributed by atoms with Gasteiger partial charge in [-0.2, -0.15) is 0 Å². The minimum atomic E-state index is 0.717. The highest BCUT2D eigenvalue weighted by Crippen LogP contribution is 2.38. The maximum atomic E-state index is 4.29. The number of aromatic nitrogens is 1. The van der Waals surface area contributed by atoms with E-state index < -0.39 is 0 Å². The van der Waals surface area contributed by atoms with Crippen LogP contribution in [0.1, 0.15) is 42.7 Å². The molecular formula is C14H22N2. The SMILES string of the molecule is CNCC1CCCCC1c1cnccc1C. The van der Waals surface area contributed by atoms with Crippen molar-refractivity contribution in [2.75, 3.05) is 13.6 Å². The van der Waals surface area contributed by atoms with Crippen LogP contribution in [0.2, 0.25) is 0 Å². The van der Waals surface area contributed by atoms with Crippen LogP contribution in [-0.2, 0) is 0 Å². The quantitative estimate of drug-likeness (QED) is 0.844. The van der Waals surface area contributed by atoms with Crippen LogP contribution in [0.25, 0.3) is 0 Å². The molecule has 2 rings (SSSR count). The lowest BCUT2D eigenvalue weighted by atomic mass is 9.75. The van der Waals surface area contributed by atoms with Crippen LogP contribution in [0.4, 0.5) is 0 Å². The third kappa shape index (κ3) is 2.43. The van der Waals surface area contributed by atoms with Gasteiger partial charge in [0.05, 0.1) is 0 Å². The smallest absolute Gasteiger partial charge is 0.0305 e. The average Bonchev–Trinajstić information content (AvgIpc) is 2.31. The molecule has 1 fully saturated rings. The van der Waals surface area contributed by atoms with Crippen LogP contribution in [0.5, 0.6) is 0 Å². The van der Waals surface area contributed by atoms with Gasteiger partial charge in [-0.3, -0.25) is 4.98 Å².